The van der Waals surface area contributed by atoms with E-state index in [0.29, 0.717) is 11.1 Å². The summed E-state index contributed by atoms with van der Waals surface area (Å²) in [5.41, 5.74) is 1.13. The fourth-order valence-corrected chi connectivity index (χ4v) is 2.35. The van der Waals surface area contributed by atoms with Crippen LogP contribution < -0.4 is 4.90 Å². The summed E-state index contributed by atoms with van der Waals surface area (Å²) in [5, 5.41) is 9.37. The van der Waals surface area contributed by atoms with Gasteiger partial charge in [0.2, 0.25) is 0 Å². The first kappa shape index (κ1) is 12.2. The largest absolute Gasteiger partial charge is 0.478 e. The Morgan fingerprint density at radius 3 is 2.65 bits per heavy atom. The molecule has 0 spiro atoms. The molecule has 0 bridgehead atoms. The van der Waals surface area contributed by atoms with Crippen molar-refractivity contribution in [1.29, 1.82) is 0 Å². The van der Waals surface area contributed by atoms with Gasteiger partial charge in [0.25, 0.3) is 0 Å². The molecule has 1 saturated carbocycles. The van der Waals surface area contributed by atoms with Crippen LogP contribution in [0.25, 0.3) is 0 Å². The molecule has 1 aromatic rings. The average Bonchev–Trinajstić information content (AvgIpc) is 3.10. The van der Waals surface area contributed by atoms with Gasteiger partial charge >= 0.3 is 5.97 Å². The molecule has 2 rings (SSSR count). The van der Waals surface area contributed by atoms with Gasteiger partial charge in [-0.2, -0.15) is 0 Å². The maximum Gasteiger partial charge on any atom is 0.335 e. The summed E-state index contributed by atoms with van der Waals surface area (Å²) in [7, 11) is 2.00. The van der Waals surface area contributed by atoms with Crippen LogP contribution >= 0.6 is 11.6 Å². The molecule has 1 aromatic carbocycles. The van der Waals surface area contributed by atoms with Crippen LogP contribution in [0, 0.1) is 5.92 Å². The van der Waals surface area contributed by atoms with E-state index in [-0.39, 0.29) is 5.56 Å². The van der Waals surface area contributed by atoms with E-state index in [1.807, 2.05) is 7.05 Å². The van der Waals surface area contributed by atoms with Crippen molar-refractivity contribution in [1.82, 2.24) is 0 Å². The van der Waals surface area contributed by atoms with Gasteiger partial charge in [0.1, 0.15) is 0 Å². The number of anilines is 1. The number of hydrogen-bond acceptors (Lipinski definition) is 2. The molecule has 0 heterocycles. The first-order valence-electron chi connectivity index (χ1n) is 5.76. The Balaban J connectivity index is 2.23. The molecule has 0 aromatic heterocycles. The highest BCUT2D eigenvalue weighted by Gasteiger charge is 2.31. The highest BCUT2D eigenvalue weighted by molar-refractivity contribution is 6.33. The number of carboxylic acid groups (broad SMARTS) is 1. The molecule has 1 aliphatic carbocycles. The normalized spacial score (nSPS) is 16.6. The number of halogens is 1. The molecule has 0 radical (unpaired) electrons. The van der Waals surface area contributed by atoms with Crippen LogP contribution in [0.4, 0.5) is 5.69 Å². The zero-order valence-electron chi connectivity index (χ0n) is 9.98. The number of nitrogens with zero attached hydrogens (tertiary/aromatic N) is 1. The van der Waals surface area contributed by atoms with Crippen molar-refractivity contribution >= 4 is 23.3 Å². The summed E-state index contributed by atoms with van der Waals surface area (Å²) < 4.78 is 0. The number of carbonyl (C=O) groups is 1. The van der Waals surface area contributed by atoms with E-state index < -0.39 is 5.97 Å². The van der Waals surface area contributed by atoms with Crippen LogP contribution in [0.3, 0.4) is 0 Å². The maximum absolute atomic E-state index is 10.8. The quantitative estimate of drug-likeness (QED) is 0.895. The third-order valence-corrected chi connectivity index (χ3v) is 3.79. The Hall–Kier alpha value is -1.22. The van der Waals surface area contributed by atoms with Crippen molar-refractivity contribution in [2.45, 2.75) is 25.8 Å². The molecule has 1 aliphatic rings. The number of rotatable bonds is 4. The van der Waals surface area contributed by atoms with Crippen LogP contribution in [-0.4, -0.2) is 24.2 Å². The van der Waals surface area contributed by atoms with Gasteiger partial charge in [-0.1, -0.05) is 11.6 Å². The lowest BCUT2D eigenvalue weighted by Gasteiger charge is -2.28. The van der Waals surface area contributed by atoms with Crippen molar-refractivity contribution in [3.05, 3.63) is 28.8 Å². The second-order valence-corrected chi connectivity index (χ2v) is 5.07. The second kappa shape index (κ2) is 4.57. The van der Waals surface area contributed by atoms with Crippen molar-refractivity contribution < 1.29 is 9.90 Å². The van der Waals surface area contributed by atoms with Crippen molar-refractivity contribution in [2.75, 3.05) is 11.9 Å². The van der Waals surface area contributed by atoms with Gasteiger partial charge in [0, 0.05) is 13.1 Å². The summed E-state index contributed by atoms with van der Waals surface area (Å²) in [5.74, 6) is -0.202. The fraction of sp³-hybridized carbons (Fsp3) is 0.462. The minimum atomic E-state index is -0.948. The Labute approximate surface area is 106 Å². The maximum atomic E-state index is 10.8. The summed E-state index contributed by atoms with van der Waals surface area (Å²) in [6.07, 6.45) is 2.55. The SMILES string of the molecule is CC(C1CC1)N(C)c1ccc(C(=O)O)cc1Cl. The lowest BCUT2D eigenvalue weighted by Crippen LogP contribution is -2.30. The van der Waals surface area contributed by atoms with E-state index in [0.717, 1.165) is 11.6 Å². The standard InChI is InChI=1S/C13H16ClNO2/c1-8(9-3-4-9)15(2)12-6-5-10(13(16)17)7-11(12)14/h5-9H,3-4H2,1-2H3,(H,16,17). The van der Waals surface area contributed by atoms with E-state index in [9.17, 15) is 4.79 Å². The molecule has 92 valence electrons. The first-order chi connectivity index (χ1) is 8.00. The lowest BCUT2D eigenvalue weighted by molar-refractivity contribution is 0.0697. The van der Waals surface area contributed by atoms with Crippen LogP contribution in [0.1, 0.15) is 30.1 Å². The number of hydrogen-bond donors (Lipinski definition) is 1. The first-order valence-corrected chi connectivity index (χ1v) is 6.14. The highest BCUT2D eigenvalue weighted by Crippen LogP contribution is 2.38. The topological polar surface area (TPSA) is 40.5 Å². The number of carboxylic acids is 1. The molecule has 3 nitrogen and oxygen atoms in total. The molecular formula is C13H16ClNO2. The van der Waals surface area contributed by atoms with Gasteiger partial charge in [-0.3, -0.25) is 0 Å². The molecule has 0 aliphatic heterocycles. The summed E-state index contributed by atoms with van der Waals surface area (Å²) in [6.45, 7) is 2.18. The van der Waals surface area contributed by atoms with Crippen molar-refractivity contribution in [3.8, 4) is 0 Å². The summed E-state index contributed by atoms with van der Waals surface area (Å²) in [4.78, 5) is 12.9. The van der Waals surface area contributed by atoms with Crippen LogP contribution in [0.15, 0.2) is 18.2 Å². The third kappa shape index (κ3) is 2.55. The molecule has 1 atom stereocenters. The second-order valence-electron chi connectivity index (χ2n) is 4.66. The Kier molecular flexibility index (Phi) is 3.29. The van der Waals surface area contributed by atoms with Gasteiger partial charge in [-0.05, 0) is 43.9 Å². The monoisotopic (exact) mass is 253 g/mol. The Bertz CT molecular complexity index is 443. The molecule has 1 unspecified atom stereocenters. The molecule has 17 heavy (non-hydrogen) atoms. The minimum Gasteiger partial charge on any atom is -0.478 e. The van der Waals surface area contributed by atoms with E-state index >= 15 is 0 Å². The van der Waals surface area contributed by atoms with E-state index in [1.54, 1.807) is 12.1 Å². The minimum absolute atomic E-state index is 0.228. The Morgan fingerprint density at radius 2 is 2.18 bits per heavy atom. The van der Waals surface area contributed by atoms with Gasteiger partial charge in [0.05, 0.1) is 16.3 Å². The van der Waals surface area contributed by atoms with Crippen molar-refractivity contribution in [3.63, 3.8) is 0 Å². The van der Waals surface area contributed by atoms with E-state index in [4.69, 9.17) is 16.7 Å². The van der Waals surface area contributed by atoms with Crippen molar-refractivity contribution in [2.24, 2.45) is 5.92 Å². The number of benzene rings is 1. The Morgan fingerprint density at radius 1 is 1.53 bits per heavy atom. The van der Waals surface area contributed by atoms with Crippen LogP contribution in [0.5, 0.6) is 0 Å². The predicted octanol–water partition coefficient (Wildman–Crippen LogP) is 3.27. The predicted molar refractivity (Wildman–Crippen MR) is 69.0 cm³/mol. The third-order valence-electron chi connectivity index (χ3n) is 3.49. The molecule has 1 N–H and O–H groups in total. The van der Waals surface area contributed by atoms with E-state index in [2.05, 4.69) is 11.8 Å². The zero-order valence-corrected chi connectivity index (χ0v) is 10.7. The van der Waals surface area contributed by atoms with Gasteiger partial charge in [-0.15, -0.1) is 0 Å². The zero-order chi connectivity index (χ0) is 12.6. The highest BCUT2D eigenvalue weighted by atomic mass is 35.5. The van der Waals surface area contributed by atoms with Gasteiger partial charge < -0.3 is 10.0 Å². The molecule has 0 amide bonds. The fourth-order valence-electron chi connectivity index (χ4n) is 2.04. The van der Waals surface area contributed by atoms with Gasteiger partial charge in [0.15, 0.2) is 0 Å². The average molecular weight is 254 g/mol. The molecule has 4 heteroatoms. The smallest absolute Gasteiger partial charge is 0.335 e. The van der Waals surface area contributed by atoms with E-state index in [1.165, 1.54) is 18.9 Å². The van der Waals surface area contributed by atoms with Crippen LogP contribution in [-0.2, 0) is 0 Å². The number of aromatic carboxylic acids is 1. The summed E-state index contributed by atoms with van der Waals surface area (Å²) >= 11 is 6.13. The molecule has 1 fully saturated rings. The summed E-state index contributed by atoms with van der Waals surface area (Å²) in [6, 6.07) is 5.34. The lowest BCUT2D eigenvalue weighted by atomic mass is 10.1. The van der Waals surface area contributed by atoms with Gasteiger partial charge in [-0.25, -0.2) is 4.79 Å². The van der Waals surface area contributed by atoms with Crippen LogP contribution in [0.2, 0.25) is 5.02 Å². The molecular weight excluding hydrogens is 238 g/mol. The molecule has 0 saturated heterocycles.